The molecule has 0 spiro atoms. The Bertz CT molecular complexity index is 467. The first-order chi connectivity index (χ1) is 9.15. The van der Waals surface area contributed by atoms with Crippen LogP contribution in [0, 0.1) is 5.82 Å². The van der Waals surface area contributed by atoms with Crippen molar-refractivity contribution in [3.05, 3.63) is 29.6 Å². The normalized spacial score (nSPS) is 18.6. The topological polar surface area (TPSA) is 67.6 Å². The quantitative estimate of drug-likeness (QED) is 0.843. The largest absolute Gasteiger partial charge is 0.496 e. The Morgan fingerprint density at radius 3 is 3.05 bits per heavy atom. The Labute approximate surface area is 111 Å². The van der Waals surface area contributed by atoms with Crippen LogP contribution < -0.4 is 15.8 Å². The zero-order chi connectivity index (χ0) is 13.8. The third-order valence-corrected chi connectivity index (χ3v) is 3.19. The first-order valence-corrected chi connectivity index (χ1v) is 6.24. The number of nitrogens with two attached hydrogens (primary N) is 1. The van der Waals surface area contributed by atoms with E-state index in [2.05, 4.69) is 5.32 Å². The number of amides is 2. The number of methoxy groups -OCH3 is 1. The molecule has 1 saturated heterocycles. The lowest BCUT2D eigenvalue weighted by Crippen LogP contribution is -2.30. The van der Waals surface area contributed by atoms with E-state index in [1.807, 2.05) is 0 Å². The number of hydrogen-bond donors (Lipinski definition) is 2. The van der Waals surface area contributed by atoms with Gasteiger partial charge in [0, 0.05) is 18.7 Å². The highest BCUT2D eigenvalue weighted by molar-refractivity contribution is 5.77. The van der Waals surface area contributed by atoms with E-state index < -0.39 is 0 Å². The van der Waals surface area contributed by atoms with Gasteiger partial charge in [0.1, 0.15) is 11.6 Å². The van der Waals surface area contributed by atoms with E-state index in [0.29, 0.717) is 30.9 Å². The second-order valence-electron chi connectivity index (χ2n) is 4.48. The van der Waals surface area contributed by atoms with E-state index in [1.165, 1.54) is 19.2 Å². The van der Waals surface area contributed by atoms with Crippen LogP contribution in [0.3, 0.4) is 0 Å². The molecule has 0 bridgehead atoms. The van der Waals surface area contributed by atoms with E-state index in [9.17, 15) is 9.18 Å². The molecule has 5 nitrogen and oxygen atoms in total. The van der Waals surface area contributed by atoms with Crippen molar-refractivity contribution in [1.29, 1.82) is 0 Å². The van der Waals surface area contributed by atoms with Gasteiger partial charge in [-0.15, -0.1) is 0 Å². The van der Waals surface area contributed by atoms with Crippen LogP contribution >= 0.6 is 0 Å². The van der Waals surface area contributed by atoms with Crippen molar-refractivity contribution < 1.29 is 13.9 Å². The zero-order valence-corrected chi connectivity index (χ0v) is 10.9. The summed E-state index contributed by atoms with van der Waals surface area (Å²) in [5.74, 6) is 0.234. The minimum atomic E-state index is -0.342. The number of ether oxygens (including phenoxy) is 1. The minimum absolute atomic E-state index is 0.148. The maximum Gasteiger partial charge on any atom is 0.318 e. The summed E-state index contributed by atoms with van der Waals surface area (Å²) >= 11 is 0. The van der Waals surface area contributed by atoms with E-state index >= 15 is 0 Å². The van der Waals surface area contributed by atoms with Gasteiger partial charge >= 0.3 is 6.03 Å². The van der Waals surface area contributed by atoms with Gasteiger partial charge in [0.2, 0.25) is 0 Å². The smallest absolute Gasteiger partial charge is 0.318 e. The van der Waals surface area contributed by atoms with Gasteiger partial charge in [-0.05, 0) is 31.2 Å². The summed E-state index contributed by atoms with van der Waals surface area (Å²) < 4.78 is 18.5. The third kappa shape index (κ3) is 2.96. The van der Waals surface area contributed by atoms with E-state index in [-0.39, 0.29) is 17.9 Å². The minimum Gasteiger partial charge on any atom is -0.496 e. The van der Waals surface area contributed by atoms with Crippen LogP contribution in [-0.4, -0.2) is 37.7 Å². The number of rotatable bonds is 5. The van der Waals surface area contributed by atoms with Gasteiger partial charge in [-0.2, -0.15) is 0 Å². The van der Waals surface area contributed by atoms with Gasteiger partial charge < -0.3 is 20.7 Å². The van der Waals surface area contributed by atoms with Crippen molar-refractivity contribution in [2.45, 2.75) is 12.5 Å². The average Bonchev–Trinajstić information content (AvgIpc) is 2.77. The molecule has 1 fully saturated rings. The summed E-state index contributed by atoms with van der Waals surface area (Å²) in [6, 6.07) is 3.90. The number of nitrogens with zero attached hydrogens (tertiary/aromatic N) is 1. The Morgan fingerprint density at radius 1 is 1.58 bits per heavy atom. The Morgan fingerprint density at radius 2 is 2.37 bits per heavy atom. The number of benzene rings is 1. The summed E-state index contributed by atoms with van der Waals surface area (Å²) in [4.78, 5) is 13.5. The first kappa shape index (κ1) is 13.6. The van der Waals surface area contributed by atoms with Crippen molar-refractivity contribution in [2.75, 3.05) is 26.7 Å². The van der Waals surface area contributed by atoms with Crippen molar-refractivity contribution in [2.24, 2.45) is 5.73 Å². The van der Waals surface area contributed by atoms with E-state index in [1.54, 1.807) is 11.0 Å². The predicted molar refractivity (Wildman–Crippen MR) is 69.5 cm³/mol. The molecule has 0 radical (unpaired) electrons. The summed E-state index contributed by atoms with van der Waals surface area (Å²) in [6.45, 7) is 1.65. The molecule has 0 saturated carbocycles. The second-order valence-corrected chi connectivity index (χ2v) is 4.48. The summed E-state index contributed by atoms with van der Waals surface area (Å²) in [5, 5.41) is 2.83. The van der Waals surface area contributed by atoms with Crippen molar-refractivity contribution in [1.82, 2.24) is 10.2 Å². The van der Waals surface area contributed by atoms with Crippen LogP contribution in [0.5, 0.6) is 5.75 Å². The Balaban J connectivity index is 2.15. The van der Waals surface area contributed by atoms with Crippen LogP contribution in [0.1, 0.15) is 18.0 Å². The van der Waals surface area contributed by atoms with Gasteiger partial charge in [0.15, 0.2) is 0 Å². The number of carbonyl (C=O) groups is 1. The van der Waals surface area contributed by atoms with Gasteiger partial charge in [0.25, 0.3) is 0 Å². The lowest BCUT2D eigenvalue weighted by Gasteiger charge is -2.15. The fourth-order valence-electron chi connectivity index (χ4n) is 2.22. The molecule has 1 aliphatic heterocycles. The molecule has 6 heteroatoms. The molecule has 1 heterocycles. The van der Waals surface area contributed by atoms with Gasteiger partial charge in [-0.3, -0.25) is 0 Å². The molecule has 1 aliphatic rings. The highest BCUT2D eigenvalue weighted by atomic mass is 19.1. The molecular formula is C13H18FN3O2. The van der Waals surface area contributed by atoms with Gasteiger partial charge in [-0.1, -0.05) is 0 Å². The molecule has 0 aliphatic carbocycles. The Kier molecular flexibility index (Phi) is 4.21. The highest BCUT2D eigenvalue weighted by Gasteiger charge is 2.31. The summed E-state index contributed by atoms with van der Waals surface area (Å²) in [7, 11) is 1.53. The molecule has 104 valence electrons. The van der Waals surface area contributed by atoms with Crippen LogP contribution in [0.25, 0.3) is 0 Å². The van der Waals surface area contributed by atoms with Gasteiger partial charge in [0.05, 0.1) is 13.2 Å². The molecule has 2 amide bonds. The van der Waals surface area contributed by atoms with Crippen LogP contribution in [0.2, 0.25) is 0 Å². The van der Waals surface area contributed by atoms with E-state index in [0.717, 1.165) is 6.42 Å². The zero-order valence-electron chi connectivity index (χ0n) is 10.9. The molecule has 0 aromatic heterocycles. The fourth-order valence-corrected chi connectivity index (χ4v) is 2.22. The number of hydrogen-bond acceptors (Lipinski definition) is 3. The SMILES string of the molecule is COc1ccc(F)cc1C1CN(CCCN)C(=O)N1. The molecule has 1 unspecified atom stereocenters. The lowest BCUT2D eigenvalue weighted by molar-refractivity contribution is 0.217. The monoisotopic (exact) mass is 267 g/mol. The molecular weight excluding hydrogens is 249 g/mol. The van der Waals surface area contributed by atoms with Crippen molar-refractivity contribution in [3.63, 3.8) is 0 Å². The van der Waals surface area contributed by atoms with Crippen LogP contribution in [0.4, 0.5) is 9.18 Å². The predicted octanol–water partition coefficient (Wildman–Crippen LogP) is 1.25. The maximum absolute atomic E-state index is 13.3. The van der Waals surface area contributed by atoms with Crippen LogP contribution in [-0.2, 0) is 0 Å². The Hall–Kier alpha value is -1.82. The summed E-state index contributed by atoms with van der Waals surface area (Å²) in [6.07, 6.45) is 0.750. The molecule has 3 N–H and O–H groups in total. The highest BCUT2D eigenvalue weighted by Crippen LogP contribution is 2.29. The molecule has 1 aromatic carbocycles. The van der Waals surface area contributed by atoms with Crippen molar-refractivity contribution >= 4 is 6.03 Å². The number of halogens is 1. The fraction of sp³-hybridized carbons (Fsp3) is 0.462. The molecule has 1 aromatic rings. The third-order valence-electron chi connectivity index (χ3n) is 3.19. The lowest BCUT2D eigenvalue weighted by atomic mass is 10.1. The van der Waals surface area contributed by atoms with Crippen molar-refractivity contribution in [3.8, 4) is 5.75 Å². The maximum atomic E-state index is 13.3. The molecule has 2 rings (SSSR count). The standard InChI is InChI=1S/C13H18FN3O2/c1-19-12-4-3-9(14)7-10(12)11-8-17(6-2-5-15)13(18)16-11/h3-4,7,11H,2,5-6,8,15H2,1H3,(H,16,18). The average molecular weight is 267 g/mol. The number of carbonyl (C=O) groups excluding carboxylic acids is 1. The molecule has 1 atom stereocenters. The van der Waals surface area contributed by atoms with E-state index in [4.69, 9.17) is 10.5 Å². The van der Waals surface area contributed by atoms with Gasteiger partial charge in [-0.25, -0.2) is 9.18 Å². The molecule has 19 heavy (non-hydrogen) atoms. The summed E-state index contributed by atoms with van der Waals surface area (Å²) in [5.41, 5.74) is 6.09. The van der Waals surface area contributed by atoms with Crippen LogP contribution in [0.15, 0.2) is 18.2 Å². The second kappa shape index (κ2) is 5.88. The number of urea groups is 1. The number of nitrogens with one attached hydrogen (secondary N) is 1. The first-order valence-electron chi connectivity index (χ1n) is 6.24.